The molecular formula is C24H23NO2. The highest BCUT2D eigenvalue weighted by Crippen LogP contribution is 2.17. The van der Waals surface area contributed by atoms with Crippen LogP contribution >= 0.6 is 0 Å². The lowest BCUT2D eigenvalue weighted by molar-refractivity contribution is -0.111. The molecule has 136 valence electrons. The number of rotatable bonds is 6. The molecule has 3 rings (SSSR count). The van der Waals surface area contributed by atoms with Gasteiger partial charge in [-0.15, -0.1) is 0 Å². The van der Waals surface area contributed by atoms with Crippen LogP contribution < -0.4 is 10.1 Å². The number of anilines is 1. The zero-order valence-electron chi connectivity index (χ0n) is 15.6. The van der Waals surface area contributed by atoms with E-state index in [1.165, 1.54) is 0 Å². The smallest absolute Gasteiger partial charge is 0.248 e. The summed E-state index contributed by atoms with van der Waals surface area (Å²) in [6.07, 6.45) is 3.34. The van der Waals surface area contributed by atoms with Gasteiger partial charge >= 0.3 is 0 Å². The minimum absolute atomic E-state index is 0.145. The molecule has 1 N–H and O–H groups in total. The summed E-state index contributed by atoms with van der Waals surface area (Å²) < 4.78 is 5.77. The largest absolute Gasteiger partial charge is 0.489 e. The van der Waals surface area contributed by atoms with Crippen molar-refractivity contribution in [3.8, 4) is 5.75 Å². The van der Waals surface area contributed by atoms with E-state index in [4.69, 9.17) is 4.74 Å². The lowest BCUT2D eigenvalue weighted by Gasteiger charge is -2.07. The van der Waals surface area contributed by atoms with Gasteiger partial charge in [0.05, 0.1) is 0 Å². The third kappa shape index (κ3) is 5.58. The number of carbonyl (C=O) groups is 1. The number of hydrogen-bond acceptors (Lipinski definition) is 2. The van der Waals surface area contributed by atoms with Crippen LogP contribution in [0.5, 0.6) is 5.75 Å². The molecule has 27 heavy (non-hydrogen) atoms. The van der Waals surface area contributed by atoms with Gasteiger partial charge in [0.25, 0.3) is 0 Å². The van der Waals surface area contributed by atoms with E-state index in [1.54, 1.807) is 12.2 Å². The quantitative estimate of drug-likeness (QED) is 0.589. The van der Waals surface area contributed by atoms with E-state index in [0.717, 1.165) is 33.7 Å². The molecule has 3 heteroatoms. The highest BCUT2D eigenvalue weighted by molar-refractivity contribution is 6.02. The SMILES string of the molecule is Cc1ccc(C)c(NC(=O)/C=C/c2ccc(OCc3ccccc3)cc2)c1. The van der Waals surface area contributed by atoms with Gasteiger partial charge in [-0.25, -0.2) is 0 Å². The highest BCUT2D eigenvalue weighted by atomic mass is 16.5. The lowest BCUT2D eigenvalue weighted by atomic mass is 10.1. The van der Waals surface area contributed by atoms with Crippen LogP contribution in [0, 0.1) is 13.8 Å². The van der Waals surface area contributed by atoms with Crippen LogP contribution in [-0.2, 0) is 11.4 Å². The fourth-order valence-electron chi connectivity index (χ4n) is 2.63. The van der Waals surface area contributed by atoms with Crippen LogP contribution in [0.3, 0.4) is 0 Å². The molecule has 0 saturated carbocycles. The monoisotopic (exact) mass is 357 g/mol. The molecular weight excluding hydrogens is 334 g/mol. The highest BCUT2D eigenvalue weighted by Gasteiger charge is 2.02. The summed E-state index contributed by atoms with van der Waals surface area (Å²) >= 11 is 0. The van der Waals surface area contributed by atoms with Crippen molar-refractivity contribution >= 4 is 17.7 Å². The second-order valence-corrected chi connectivity index (χ2v) is 6.48. The van der Waals surface area contributed by atoms with Gasteiger partial charge in [-0.2, -0.15) is 0 Å². The van der Waals surface area contributed by atoms with Crippen LogP contribution in [0.15, 0.2) is 78.9 Å². The minimum Gasteiger partial charge on any atom is -0.489 e. The van der Waals surface area contributed by atoms with Crippen molar-refractivity contribution in [3.05, 3.63) is 101 Å². The molecule has 0 aromatic heterocycles. The summed E-state index contributed by atoms with van der Waals surface area (Å²) in [5, 5.41) is 2.92. The Morgan fingerprint density at radius 1 is 0.963 bits per heavy atom. The standard InChI is InChI=1S/C24H23NO2/c1-18-8-9-19(2)23(16-18)25-24(26)15-12-20-10-13-22(14-11-20)27-17-21-6-4-3-5-7-21/h3-16H,17H2,1-2H3,(H,25,26)/b15-12+. The summed E-state index contributed by atoms with van der Waals surface area (Å²) in [5.41, 5.74) is 5.07. The van der Waals surface area contributed by atoms with Gasteiger partial charge in [0.2, 0.25) is 5.91 Å². The van der Waals surface area contributed by atoms with E-state index in [2.05, 4.69) is 5.32 Å². The fraction of sp³-hybridized carbons (Fsp3) is 0.125. The van der Waals surface area contributed by atoms with Crippen molar-refractivity contribution in [3.63, 3.8) is 0 Å². The molecule has 3 nitrogen and oxygen atoms in total. The molecule has 0 aliphatic heterocycles. The van der Waals surface area contributed by atoms with Gasteiger partial charge in [-0.1, -0.05) is 54.6 Å². The summed E-state index contributed by atoms with van der Waals surface area (Å²) in [6, 6.07) is 23.7. The van der Waals surface area contributed by atoms with E-state index in [1.807, 2.05) is 86.6 Å². The summed E-state index contributed by atoms with van der Waals surface area (Å²) in [6.45, 7) is 4.52. The summed E-state index contributed by atoms with van der Waals surface area (Å²) in [5.74, 6) is 0.656. The predicted molar refractivity (Wildman–Crippen MR) is 111 cm³/mol. The van der Waals surface area contributed by atoms with Crippen molar-refractivity contribution in [2.24, 2.45) is 0 Å². The molecule has 0 unspecified atom stereocenters. The zero-order valence-corrected chi connectivity index (χ0v) is 15.6. The van der Waals surface area contributed by atoms with E-state index in [9.17, 15) is 4.79 Å². The van der Waals surface area contributed by atoms with Crippen molar-refractivity contribution < 1.29 is 9.53 Å². The van der Waals surface area contributed by atoms with Gasteiger partial charge in [0.15, 0.2) is 0 Å². The Kier molecular flexibility index (Phi) is 6.06. The Morgan fingerprint density at radius 2 is 1.70 bits per heavy atom. The Morgan fingerprint density at radius 3 is 2.44 bits per heavy atom. The number of amides is 1. The normalized spacial score (nSPS) is 10.7. The molecule has 0 aliphatic carbocycles. The van der Waals surface area contributed by atoms with Gasteiger partial charge in [-0.3, -0.25) is 4.79 Å². The van der Waals surface area contributed by atoms with Gasteiger partial charge in [-0.05, 0) is 60.4 Å². The maximum atomic E-state index is 12.2. The maximum absolute atomic E-state index is 12.2. The molecule has 0 saturated heterocycles. The average Bonchev–Trinajstić information content (AvgIpc) is 2.69. The van der Waals surface area contributed by atoms with Gasteiger partial charge < -0.3 is 10.1 Å². The Balaban J connectivity index is 1.55. The third-order valence-corrected chi connectivity index (χ3v) is 4.21. The van der Waals surface area contributed by atoms with Crippen LogP contribution in [0.1, 0.15) is 22.3 Å². The number of benzene rings is 3. The third-order valence-electron chi connectivity index (χ3n) is 4.21. The van der Waals surface area contributed by atoms with E-state index >= 15 is 0 Å². The van der Waals surface area contributed by atoms with Crippen LogP contribution in [0.4, 0.5) is 5.69 Å². The number of nitrogens with one attached hydrogen (secondary N) is 1. The molecule has 0 atom stereocenters. The average molecular weight is 357 g/mol. The number of hydrogen-bond donors (Lipinski definition) is 1. The summed E-state index contributed by atoms with van der Waals surface area (Å²) in [4.78, 5) is 12.2. The van der Waals surface area contributed by atoms with Gasteiger partial charge in [0.1, 0.15) is 12.4 Å². The van der Waals surface area contributed by atoms with Crippen LogP contribution in [-0.4, -0.2) is 5.91 Å². The molecule has 3 aromatic rings. The number of ether oxygens (including phenoxy) is 1. The first kappa shape index (κ1) is 18.5. The Hall–Kier alpha value is -3.33. The Labute approximate surface area is 160 Å². The molecule has 0 fully saturated rings. The molecule has 3 aromatic carbocycles. The first-order valence-electron chi connectivity index (χ1n) is 8.93. The second-order valence-electron chi connectivity index (χ2n) is 6.48. The topological polar surface area (TPSA) is 38.3 Å². The van der Waals surface area contributed by atoms with E-state index in [0.29, 0.717) is 6.61 Å². The zero-order chi connectivity index (χ0) is 19.1. The lowest BCUT2D eigenvalue weighted by Crippen LogP contribution is -2.09. The van der Waals surface area contributed by atoms with Crippen LogP contribution in [0.2, 0.25) is 0 Å². The minimum atomic E-state index is -0.145. The van der Waals surface area contributed by atoms with E-state index < -0.39 is 0 Å². The maximum Gasteiger partial charge on any atom is 0.248 e. The molecule has 1 amide bonds. The number of carbonyl (C=O) groups excluding carboxylic acids is 1. The Bertz CT molecular complexity index is 928. The van der Waals surface area contributed by atoms with Crippen LogP contribution in [0.25, 0.3) is 6.08 Å². The molecule has 0 bridgehead atoms. The predicted octanol–water partition coefficient (Wildman–Crippen LogP) is 5.53. The van der Waals surface area contributed by atoms with Crippen molar-refractivity contribution in [2.45, 2.75) is 20.5 Å². The van der Waals surface area contributed by atoms with Crippen molar-refractivity contribution in [1.82, 2.24) is 0 Å². The molecule has 0 heterocycles. The summed E-state index contributed by atoms with van der Waals surface area (Å²) in [7, 11) is 0. The molecule has 0 spiro atoms. The fourth-order valence-corrected chi connectivity index (χ4v) is 2.63. The molecule has 0 radical (unpaired) electrons. The number of aryl methyl sites for hydroxylation is 2. The van der Waals surface area contributed by atoms with Crippen molar-refractivity contribution in [1.29, 1.82) is 0 Å². The van der Waals surface area contributed by atoms with Crippen molar-refractivity contribution in [2.75, 3.05) is 5.32 Å². The first-order valence-corrected chi connectivity index (χ1v) is 8.93. The van der Waals surface area contributed by atoms with E-state index in [-0.39, 0.29) is 5.91 Å². The second kappa shape index (κ2) is 8.86. The molecule has 0 aliphatic rings. The van der Waals surface area contributed by atoms with Gasteiger partial charge in [0, 0.05) is 11.8 Å². The first-order chi connectivity index (χ1) is 13.1.